The van der Waals surface area contributed by atoms with E-state index in [0.717, 1.165) is 25.7 Å². The number of terminal acetylenes is 1. The third-order valence-electron chi connectivity index (χ3n) is 6.07. The summed E-state index contributed by atoms with van der Waals surface area (Å²) in [6, 6.07) is -0.854. The molecule has 2 aliphatic heterocycles. The van der Waals surface area contributed by atoms with Crippen LogP contribution in [0.3, 0.4) is 0 Å². The molecule has 0 saturated carbocycles. The van der Waals surface area contributed by atoms with Gasteiger partial charge < -0.3 is 25.0 Å². The first-order valence-electron chi connectivity index (χ1n) is 11.7. The van der Waals surface area contributed by atoms with Crippen LogP contribution in [0.25, 0.3) is 0 Å². The number of hydrogen-bond acceptors (Lipinski definition) is 5. The fraction of sp³-hybridized carbons (Fsp3) is 0.750. The number of carboxylic acid groups (broad SMARTS) is 1. The second-order valence-corrected chi connectivity index (χ2v) is 9.95. The fourth-order valence-electron chi connectivity index (χ4n) is 4.25. The minimum absolute atomic E-state index is 0.0288. The number of likely N-dealkylation sites (tertiary alicyclic amines) is 2. The van der Waals surface area contributed by atoms with Gasteiger partial charge in [0.25, 0.3) is 0 Å². The Bertz CT molecular complexity index is 761. The van der Waals surface area contributed by atoms with Crippen LogP contribution in [0.1, 0.15) is 65.7 Å². The molecular formula is C24H37N3O6. The van der Waals surface area contributed by atoms with Crippen molar-refractivity contribution in [3.63, 3.8) is 0 Å². The van der Waals surface area contributed by atoms with Crippen molar-refractivity contribution in [3.8, 4) is 12.3 Å². The highest BCUT2D eigenvalue weighted by molar-refractivity contribution is 5.82. The number of carbonyl (C=O) groups is 4. The van der Waals surface area contributed by atoms with E-state index in [1.807, 2.05) is 20.8 Å². The van der Waals surface area contributed by atoms with Gasteiger partial charge >= 0.3 is 12.1 Å². The Morgan fingerprint density at radius 2 is 1.79 bits per heavy atom. The van der Waals surface area contributed by atoms with E-state index in [-0.39, 0.29) is 30.2 Å². The molecule has 2 fully saturated rings. The number of aliphatic carboxylic acids is 1. The zero-order valence-electron chi connectivity index (χ0n) is 20.0. The largest absolute Gasteiger partial charge is 0.481 e. The van der Waals surface area contributed by atoms with Gasteiger partial charge in [-0.1, -0.05) is 5.92 Å². The highest BCUT2D eigenvalue weighted by atomic mass is 16.6. The smallest absolute Gasteiger partial charge is 0.410 e. The fourth-order valence-corrected chi connectivity index (χ4v) is 4.25. The quantitative estimate of drug-likeness (QED) is 0.560. The maximum atomic E-state index is 12.8. The molecule has 184 valence electrons. The van der Waals surface area contributed by atoms with Crippen LogP contribution in [-0.4, -0.2) is 76.6 Å². The third-order valence-corrected chi connectivity index (χ3v) is 6.07. The summed E-state index contributed by atoms with van der Waals surface area (Å²) < 4.78 is 5.42. The van der Waals surface area contributed by atoms with Crippen molar-refractivity contribution in [2.24, 2.45) is 11.8 Å². The van der Waals surface area contributed by atoms with Crippen LogP contribution in [0.15, 0.2) is 0 Å². The number of nitrogens with zero attached hydrogens (tertiary/aromatic N) is 2. The molecular weight excluding hydrogens is 426 g/mol. The van der Waals surface area contributed by atoms with Crippen LogP contribution in [0, 0.1) is 24.2 Å². The predicted octanol–water partition coefficient (Wildman–Crippen LogP) is 2.24. The van der Waals surface area contributed by atoms with E-state index in [1.54, 1.807) is 9.80 Å². The van der Waals surface area contributed by atoms with E-state index >= 15 is 0 Å². The molecule has 2 heterocycles. The first kappa shape index (κ1) is 26.5. The highest BCUT2D eigenvalue weighted by Crippen LogP contribution is 2.25. The third kappa shape index (κ3) is 8.95. The minimum atomic E-state index is -1.07. The van der Waals surface area contributed by atoms with Gasteiger partial charge in [0, 0.05) is 32.6 Å². The van der Waals surface area contributed by atoms with Gasteiger partial charge in [0.2, 0.25) is 11.8 Å². The second-order valence-electron chi connectivity index (χ2n) is 9.95. The summed E-state index contributed by atoms with van der Waals surface area (Å²) in [6.07, 6.45) is 8.92. The molecule has 0 spiro atoms. The van der Waals surface area contributed by atoms with E-state index in [2.05, 4.69) is 11.2 Å². The van der Waals surface area contributed by atoms with E-state index < -0.39 is 17.6 Å². The Hall–Kier alpha value is -2.76. The van der Waals surface area contributed by atoms with Crippen LogP contribution < -0.4 is 5.32 Å². The predicted molar refractivity (Wildman–Crippen MR) is 122 cm³/mol. The lowest BCUT2D eigenvalue weighted by Gasteiger charge is -2.34. The van der Waals surface area contributed by atoms with E-state index in [9.17, 15) is 19.2 Å². The molecule has 0 aliphatic carbocycles. The molecule has 2 N–H and O–H groups in total. The first-order chi connectivity index (χ1) is 15.5. The van der Waals surface area contributed by atoms with Crippen molar-refractivity contribution >= 4 is 23.9 Å². The second kappa shape index (κ2) is 11.9. The lowest BCUT2D eigenvalue weighted by atomic mass is 9.91. The lowest BCUT2D eigenvalue weighted by molar-refractivity contribution is -0.137. The molecule has 0 bridgehead atoms. The van der Waals surface area contributed by atoms with Crippen LogP contribution in [0.2, 0.25) is 0 Å². The molecule has 0 aromatic carbocycles. The molecule has 3 amide bonds. The van der Waals surface area contributed by atoms with Gasteiger partial charge in [-0.15, -0.1) is 6.42 Å². The van der Waals surface area contributed by atoms with Crippen LogP contribution in [-0.2, 0) is 19.1 Å². The average Bonchev–Trinajstić information content (AvgIpc) is 2.75. The molecule has 2 rings (SSSR count). The van der Waals surface area contributed by atoms with Crippen molar-refractivity contribution < 1.29 is 29.0 Å². The number of ether oxygens (including phenoxy) is 1. The summed E-state index contributed by atoms with van der Waals surface area (Å²) in [5.74, 6) is 0.939. The van der Waals surface area contributed by atoms with Crippen molar-refractivity contribution in [2.45, 2.75) is 77.4 Å². The summed E-state index contributed by atoms with van der Waals surface area (Å²) in [5, 5.41) is 11.5. The van der Waals surface area contributed by atoms with Gasteiger partial charge in [-0.05, 0) is 58.8 Å². The molecule has 33 heavy (non-hydrogen) atoms. The van der Waals surface area contributed by atoms with E-state index in [4.69, 9.17) is 16.3 Å². The molecule has 2 atom stereocenters. The van der Waals surface area contributed by atoms with Gasteiger partial charge in [-0.25, -0.2) is 4.79 Å². The maximum absolute atomic E-state index is 12.8. The minimum Gasteiger partial charge on any atom is -0.481 e. The van der Waals surface area contributed by atoms with Crippen molar-refractivity contribution in [1.29, 1.82) is 0 Å². The standard InChI is InChI=1S/C24H37N3O6/c1-5-19(15-21(29)30)25-22(31)18-7-6-12-27(16-18)20(28)9-8-17-10-13-26(14-11-17)23(32)33-24(2,3)4/h1,17-19H,6-16H2,2-4H3,(H,25,31)(H,29,30)/t18-,19?/m0/s1. The zero-order chi connectivity index (χ0) is 24.6. The van der Waals surface area contributed by atoms with Gasteiger partial charge in [-0.2, -0.15) is 0 Å². The number of carbonyl (C=O) groups excluding carboxylic acids is 3. The monoisotopic (exact) mass is 463 g/mol. The van der Waals surface area contributed by atoms with Gasteiger partial charge in [0.15, 0.2) is 0 Å². The topological polar surface area (TPSA) is 116 Å². The van der Waals surface area contributed by atoms with E-state index in [0.29, 0.717) is 44.9 Å². The summed E-state index contributed by atoms with van der Waals surface area (Å²) >= 11 is 0. The first-order valence-corrected chi connectivity index (χ1v) is 11.7. The Morgan fingerprint density at radius 3 is 2.36 bits per heavy atom. The Labute approximate surface area is 196 Å². The lowest BCUT2D eigenvalue weighted by Crippen LogP contribution is -2.47. The van der Waals surface area contributed by atoms with Gasteiger partial charge in [0.05, 0.1) is 12.3 Å². The summed E-state index contributed by atoms with van der Waals surface area (Å²) in [7, 11) is 0. The Balaban J connectivity index is 1.75. The SMILES string of the molecule is C#CC(CC(=O)O)NC(=O)[C@H]1CCCN(C(=O)CCC2CCN(C(=O)OC(C)(C)C)CC2)C1. The molecule has 0 aromatic heterocycles. The number of carboxylic acids is 1. The molecule has 0 aromatic rings. The molecule has 9 nitrogen and oxygen atoms in total. The number of piperidine rings is 2. The Morgan fingerprint density at radius 1 is 1.12 bits per heavy atom. The molecule has 2 saturated heterocycles. The molecule has 9 heteroatoms. The van der Waals surface area contributed by atoms with E-state index in [1.165, 1.54) is 0 Å². The number of nitrogens with one attached hydrogen (secondary N) is 1. The van der Waals surface area contributed by atoms with Crippen molar-refractivity contribution in [1.82, 2.24) is 15.1 Å². The summed E-state index contributed by atoms with van der Waals surface area (Å²) in [5.41, 5.74) is -0.512. The van der Waals surface area contributed by atoms with Crippen LogP contribution >= 0.6 is 0 Å². The summed E-state index contributed by atoms with van der Waals surface area (Å²) in [6.45, 7) is 7.75. The normalized spacial score (nSPS) is 20.5. The zero-order valence-corrected chi connectivity index (χ0v) is 20.0. The van der Waals surface area contributed by atoms with Crippen molar-refractivity contribution in [2.75, 3.05) is 26.2 Å². The maximum Gasteiger partial charge on any atom is 0.410 e. The average molecular weight is 464 g/mol. The molecule has 1 unspecified atom stereocenters. The number of hydrogen-bond donors (Lipinski definition) is 2. The summed E-state index contributed by atoms with van der Waals surface area (Å²) in [4.78, 5) is 51.8. The Kier molecular flexibility index (Phi) is 9.56. The molecule has 2 aliphatic rings. The van der Waals surface area contributed by atoms with Gasteiger partial charge in [-0.3, -0.25) is 14.4 Å². The molecule has 0 radical (unpaired) electrons. The van der Waals surface area contributed by atoms with Gasteiger partial charge in [0.1, 0.15) is 11.6 Å². The van der Waals surface area contributed by atoms with Crippen molar-refractivity contribution in [3.05, 3.63) is 0 Å². The van der Waals surface area contributed by atoms with Crippen LogP contribution in [0.4, 0.5) is 4.79 Å². The van der Waals surface area contributed by atoms with Crippen LogP contribution in [0.5, 0.6) is 0 Å². The highest BCUT2D eigenvalue weighted by Gasteiger charge is 2.31. The number of amides is 3. The number of rotatable bonds is 7.